The number of aryl methyl sites for hydroxylation is 2. The number of alkyl halides is 1. The molecule has 0 amide bonds. The molecule has 1 aromatic rings. The topological polar surface area (TPSA) is 17.8 Å². The number of nitrogens with zero attached hydrogens (tertiary/aromatic N) is 2. The van der Waals surface area contributed by atoms with Crippen molar-refractivity contribution in [1.82, 2.24) is 9.78 Å². The van der Waals surface area contributed by atoms with Gasteiger partial charge in [0.05, 0.1) is 16.4 Å². The van der Waals surface area contributed by atoms with Crippen LogP contribution in [0.2, 0.25) is 5.02 Å². The highest BCUT2D eigenvalue weighted by molar-refractivity contribution is 6.31. The van der Waals surface area contributed by atoms with E-state index in [1.54, 1.807) is 0 Å². The molecule has 0 spiro atoms. The Bertz CT molecular complexity index is 359. The summed E-state index contributed by atoms with van der Waals surface area (Å²) >= 11 is 12.5. The van der Waals surface area contributed by atoms with Crippen molar-refractivity contribution < 1.29 is 0 Å². The van der Waals surface area contributed by atoms with Crippen molar-refractivity contribution in [1.29, 1.82) is 0 Å². The summed E-state index contributed by atoms with van der Waals surface area (Å²) in [5.74, 6) is 0.532. The Labute approximate surface area is 114 Å². The van der Waals surface area contributed by atoms with E-state index >= 15 is 0 Å². The molecule has 0 fully saturated rings. The first-order valence-corrected chi connectivity index (χ1v) is 7.13. The molecule has 0 saturated heterocycles. The van der Waals surface area contributed by atoms with Gasteiger partial charge in [-0.05, 0) is 31.6 Å². The second-order valence-electron chi connectivity index (χ2n) is 4.84. The highest BCUT2D eigenvalue weighted by atomic mass is 35.5. The zero-order chi connectivity index (χ0) is 13.0. The van der Waals surface area contributed by atoms with Crippen molar-refractivity contribution in [2.45, 2.75) is 51.8 Å². The Morgan fingerprint density at radius 3 is 2.47 bits per heavy atom. The van der Waals surface area contributed by atoms with Gasteiger partial charge in [-0.1, -0.05) is 32.4 Å². The van der Waals surface area contributed by atoms with Gasteiger partial charge in [-0.25, -0.2) is 0 Å². The van der Waals surface area contributed by atoms with E-state index in [9.17, 15) is 0 Å². The zero-order valence-corrected chi connectivity index (χ0v) is 12.6. The molecule has 0 aromatic carbocycles. The molecule has 1 heterocycles. The molecule has 1 atom stereocenters. The van der Waals surface area contributed by atoms with E-state index in [2.05, 4.69) is 25.9 Å². The van der Waals surface area contributed by atoms with Crippen LogP contribution in [-0.2, 0) is 19.9 Å². The standard InChI is InChI=1S/C13H22Cl2N2/c1-5-11-13(15)12(17(4)16-11)8-6-7-10(14)9(2)3/h9-10H,5-8H2,1-4H3. The minimum Gasteiger partial charge on any atom is -0.271 e. The smallest absolute Gasteiger partial charge is 0.0849 e. The van der Waals surface area contributed by atoms with Crippen LogP contribution in [0.3, 0.4) is 0 Å². The third-order valence-corrected chi connectivity index (χ3v) is 4.28. The maximum atomic E-state index is 6.29. The Kier molecular flexibility index (Phi) is 5.81. The van der Waals surface area contributed by atoms with Crippen LogP contribution < -0.4 is 0 Å². The summed E-state index contributed by atoms with van der Waals surface area (Å²) in [5.41, 5.74) is 2.13. The molecular weight excluding hydrogens is 255 g/mol. The first-order chi connectivity index (χ1) is 7.97. The van der Waals surface area contributed by atoms with E-state index in [4.69, 9.17) is 23.2 Å². The summed E-state index contributed by atoms with van der Waals surface area (Å²) in [6, 6.07) is 0. The molecule has 1 unspecified atom stereocenters. The molecule has 1 rings (SSSR count). The molecule has 0 aliphatic carbocycles. The fourth-order valence-corrected chi connectivity index (χ4v) is 2.43. The van der Waals surface area contributed by atoms with Crippen LogP contribution in [0.4, 0.5) is 0 Å². The minimum atomic E-state index is 0.257. The molecule has 0 aliphatic heterocycles. The van der Waals surface area contributed by atoms with Crippen LogP contribution in [0.15, 0.2) is 0 Å². The van der Waals surface area contributed by atoms with Crippen LogP contribution in [0.5, 0.6) is 0 Å². The van der Waals surface area contributed by atoms with Crippen molar-refractivity contribution in [2.24, 2.45) is 13.0 Å². The third-order valence-electron chi connectivity index (χ3n) is 3.12. The lowest BCUT2D eigenvalue weighted by Crippen LogP contribution is -2.08. The quantitative estimate of drug-likeness (QED) is 0.712. The largest absolute Gasteiger partial charge is 0.271 e. The van der Waals surface area contributed by atoms with Crippen molar-refractivity contribution in [3.05, 3.63) is 16.4 Å². The molecule has 0 saturated carbocycles. The minimum absolute atomic E-state index is 0.257. The molecule has 98 valence electrons. The molecule has 17 heavy (non-hydrogen) atoms. The fourth-order valence-electron chi connectivity index (χ4n) is 1.89. The summed E-state index contributed by atoms with van der Waals surface area (Å²) in [6.07, 6.45) is 3.94. The van der Waals surface area contributed by atoms with Crippen molar-refractivity contribution in [3.8, 4) is 0 Å². The van der Waals surface area contributed by atoms with Gasteiger partial charge in [0.1, 0.15) is 0 Å². The van der Waals surface area contributed by atoms with Gasteiger partial charge in [-0.2, -0.15) is 5.10 Å². The first kappa shape index (κ1) is 14.8. The SMILES string of the molecule is CCc1nn(C)c(CCCC(Cl)C(C)C)c1Cl. The molecular formula is C13H22Cl2N2. The summed E-state index contributed by atoms with van der Waals surface area (Å²) < 4.78 is 1.90. The molecule has 0 aliphatic rings. The fraction of sp³-hybridized carbons (Fsp3) is 0.769. The number of halogens is 2. The van der Waals surface area contributed by atoms with E-state index in [1.807, 2.05) is 11.7 Å². The average Bonchev–Trinajstić information content (AvgIpc) is 2.55. The Morgan fingerprint density at radius 1 is 1.35 bits per heavy atom. The molecule has 0 radical (unpaired) electrons. The second kappa shape index (κ2) is 6.65. The van der Waals surface area contributed by atoms with Gasteiger partial charge in [-0.3, -0.25) is 4.68 Å². The molecule has 0 bridgehead atoms. The van der Waals surface area contributed by atoms with Gasteiger partial charge in [0, 0.05) is 12.4 Å². The van der Waals surface area contributed by atoms with Crippen LogP contribution in [0.25, 0.3) is 0 Å². The molecule has 2 nitrogen and oxygen atoms in total. The lowest BCUT2D eigenvalue weighted by molar-refractivity contribution is 0.540. The summed E-state index contributed by atoms with van der Waals surface area (Å²) in [5, 5.41) is 5.51. The summed E-state index contributed by atoms with van der Waals surface area (Å²) in [6.45, 7) is 6.39. The van der Waals surface area contributed by atoms with E-state index < -0.39 is 0 Å². The summed E-state index contributed by atoms with van der Waals surface area (Å²) in [7, 11) is 1.96. The highest BCUT2D eigenvalue weighted by Crippen LogP contribution is 2.24. The van der Waals surface area contributed by atoms with Gasteiger partial charge in [-0.15, -0.1) is 11.6 Å². The van der Waals surface area contributed by atoms with Crippen molar-refractivity contribution in [3.63, 3.8) is 0 Å². The van der Waals surface area contributed by atoms with E-state index in [0.717, 1.165) is 42.1 Å². The van der Waals surface area contributed by atoms with Crippen LogP contribution in [0.1, 0.15) is 45.0 Å². The average molecular weight is 277 g/mol. The lowest BCUT2D eigenvalue weighted by Gasteiger charge is -2.12. The molecule has 1 aromatic heterocycles. The third kappa shape index (κ3) is 3.89. The van der Waals surface area contributed by atoms with Gasteiger partial charge in [0.2, 0.25) is 0 Å². The zero-order valence-electron chi connectivity index (χ0n) is 11.1. The molecule has 4 heteroatoms. The number of rotatable bonds is 6. The predicted molar refractivity (Wildman–Crippen MR) is 75.0 cm³/mol. The maximum absolute atomic E-state index is 6.29. The molecule has 0 N–H and O–H groups in total. The Hall–Kier alpha value is -0.210. The number of hydrogen-bond acceptors (Lipinski definition) is 1. The van der Waals surface area contributed by atoms with Crippen LogP contribution in [-0.4, -0.2) is 15.2 Å². The number of hydrogen-bond donors (Lipinski definition) is 0. The normalized spacial score (nSPS) is 13.4. The second-order valence-corrected chi connectivity index (χ2v) is 5.78. The van der Waals surface area contributed by atoms with E-state index in [1.165, 1.54) is 0 Å². The van der Waals surface area contributed by atoms with Crippen molar-refractivity contribution in [2.75, 3.05) is 0 Å². The monoisotopic (exact) mass is 276 g/mol. The Morgan fingerprint density at radius 2 is 2.00 bits per heavy atom. The van der Waals surface area contributed by atoms with Crippen LogP contribution >= 0.6 is 23.2 Å². The van der Waals surface area contributed by atoms with Gasteiger partial charge in [0.25, 0.3) is 0 Å². The lowest BCUT2D eigenvalue weighted by atomic mass is 10.0. The highest BCUT2D eigenvalue weighted by Gasteiger charge is 2.14. The van der Waals surface area contributed by atoms with Gasteiger partial charge >= 0.3 is 0 Å². The predicted octanol–water partition coefficient (Wildman–Crippen LogP) is 4.22. The Balaban J connectivity index is 2.55. The number of aromatic nitrogens is 2. The summed E-state index contributed by atoms with van der Waals surface area (Å²) in [4.78, 5) is 0. The van der Waals surface area contributed by atoms with Crippen LogP contribution in [0, 0.1) is 5.92 Å². The van der Waals surface area contributed by atoms with E-state index in [0.29, 0.717) is 5.92 Å². The maximum Gasteiger partial charge on any atom is 0.0849 e. The van der Waals surface area contributed by atoms with Gasteiger partial charge in [0.15, 0.2) is 0 Å². The van der Waals surface area contributed by atoms with E-state index in [-0.39, 0.29) is 5.38 Å². The van der Waals surface area contributed by atoms with Gasteiger partial charge < -0.3 is 0 Å². The van der Waals surface area contributed by atoms with Crippen molar-refractivity contribution >= 4 is 23.2 Å². The first-order valence-electron chi connectivity index (χ1n) is 6.31.